The second-order valence-corrected chi connectivity index (χ2v) is 4.88. The van der Waals surface area contributed by atoms with E-state index in [1.54, 1.807) is 0 Å². The van der Waals surface area contributed by atoms with Crippen LogP contribution >= 0.6 is 0 Å². The highest BCUT2D eigenvalue weighted by molar-refractivity contribution is 5.24. The molecule has 0 bridgehead atoms. The Bertz CT molecular complexity index is 363. The van der Waals surface area contributed by atoms with Gasteiger partial charge in [0.25, 0.3) is 0 Å². The van der Waals surface area contributed by atoms with E-state index in [9.17, 15) is 5.11 Å². The molecule has 1 heterocycles. The maximum Gasteiger partial charge on any atom is 0.137 e. The van der Waals surface area contributed by atoms with Crippen LogP contribution in [0.4, 0.5) is 0 Å². The SMILES string of the molecule is CCCN1CC(CO)OC1c1ccc(CC)cc1. The zero-order valence-electron chi connectivity index (χ0n) is 11.3. The number of nitrogens with zero attached hydrogens (tertiary/aromatic N) is 1. The third-order valence-electron chi connectivity index (χ3n) is 3.48. The van der Waals surface area contributed by atoms with Crippen molar-refractivity contribution in [3.05, 3.63) is 35.4 Å². The van der Waals surface area contributed by atoms with Crippen LogP contribution in [0.2, 0.25) is 0 Å². The fourth-order valence-electron chi connectivity index (χ4n) is 2.47. The minimum absolute atomic E-state index is 0.00741. The molecule has 3 nitrogen and oxygen atoms in total. The Morgan fingerprint density at radius 1 is 1.28 bits per heavy atom. The molecule has 0 aromatic heterocycles. The van der Waals surface area contributed by atoms with Gasteiger partial charge in [0, 0.05) is 13.1 Å². The lowest BCUT2D eigenvalue weighted by Gasteiger charge is -2.22. The van der Waals surface area contributed by atoms with Gasteiger partial charge in [-0.2, -0.15) is 0 Å². The molecule has 0 amide bonds. The highest BCUT2D eigenvalue weighted by Crippen LogP contribution is 2.30. The smallest absolute Gasteiger partial charge is 0.137 e. The molecular formula is C15H23NO2. The molecule has 0 saturated carbocycles. The van der Waals surface area contributed by atoms with Gasteiger partial charge in [0.15, 0.2) is 0 Å². The molecule has 0 aliphatic carbocycles. The van der Waals surface area contributed by atoms with Gasteiger partial charge in [-0.15, -0.1) is 0 Å². The first-order valence-electron chi connectivity index (χ1n) is 6.87. The van der Waals surface area contributed by atoms with E-state index >= 15 is 0 Å². The third-order valence-corrected chi connectivity index (χ3v) is 3.48. The summed E-state index contributed by atoms with van der Waals surface area (Å²) >= 11 is 0. The van der Waals surface area contributed by atoms with Crippen molar-refractivity contribution in [1.29, 1.82) is 0 Å². The molecule has 1 aliphatic heterocycles. The minimum Gasteiger partial charge on any atom is -0.394 e. The van der Waals surface area contributed by atoms with E-state index in [1.165, 1.54) is 11.1 Å². The van der Waals surface area contributed by atoms with Crippen LogP contribution in [0.3, 0.4) is 0 Å². The Morgan fingerprint density at radius 3 is 2.56 bits per heavy atom. The van der Waals surface area contributed by atoms with Crippen molar-refractivity contribution in [2.45, 2.75) is 39.0 Å². The van der Waals surface area contributed by atoms with Gasteiger partial charge in [-0.3, -0.25) is 4.90 Å². The lowest BCUT2D eigenvalue weighted by atomic mass is 10.1. The molecule has 18 heavy (non-hydrogen) atoms. The largest absolute Gasteiger partial charge is 0.394 e. The predicted molar refractivity (Wildman–Crippen MR) is 72.4 cm³/mol. The first kappa shape index (κ1) is 13.5. The van der Waals surface area contributed by atoms with Gasteiger partial charge in [0.05, 0.1) is 12.7 Å². The number of aryl methyl sites for hydroxylation is 1. The number of hydrogen-bond donors (Lipinski definition) is 1. The summed E-state index contributed by atoms with van der Waals surface area (Å²) in [6, 6.07) is 8.61. The van der Waals surface area contributed by atoms with Gasteiger partial charge in [-0.1, -0.05) is 38.1 Å². The molecule has 0 radical (unpaired) electrons. The molecule has 2 unspecified atom stereocenters. The standard InChI is InChI=1S/C15H23NO2/c1-3-9-16-10-14(11-17)18-15(16)13-7-5-12(4-2)6-8-13/h5-8,14-15,17H,3-4,9-11H2,1-2H3. The lowest BCUT2D eigenvalue weighted by molar-refractivity contribution is -0.0195. The number of rotatable bonds is 5. The van der Waals surface area contributed by atoms with Crippen LogP contribution in [0.1, 0.15) is 37.6 Å². The Hall–Kier alpha value is -0.900. The number of aliphatic hydroxyl groups is 1. The van der Waals surface area contributed by atoms with E-state index < -0.39 is 0 Å². The van der Waals surface area contributed by atoms with Crippen molar-refractivity contribution < 1.29 is 9.84 Å². The molecule has 1 aliphatic rings. The summed E-state index contributed by atoms with van der Waals surface area (Å²) in [4.78, 5) is 2.31. The van der Waals surface area contributed by atoms with Crippen LogP contribution in [0.15, 0.2) is 24.3 Å². The van der Waals surface area contributed by atoms with Gasteiger partial charge in [0.1, 0.15) is 6.23 Å². The topological polar surface area (TPSA) is 32.7 Å². The summed E-state index contributed by atoms with van der Waals surface area (Å²) in [6.45, 7) is 6.26. The van der Waals surface area contributed by atoms with Crippen LogP contribution in [0.25, 0.3) is 0 Å². The quantitative estimate of drug-likeness (QED) is 0.869. The molecular weight excluding hydrogens is 226 g/mol. The molecule has 1 N–H and O–H groups in total. The fraction of sp³-hybridized carbons (Fsp3) is 0.600. The fourth-order valence-corrected chi connectivity index (χ4v) is 2.47. The number of ether oxygens (including phenoxy) is 1. The average molecular weight is 249 g/mol. The Balaban J connectivity index is 2.13. The van der Waals surface area contributed by atoms with Crippen molar-refractivity contribution in [3.8, 4) is 0 Å². The normalized spacial score (nSPS) is 24.6. The van der Waals surface area contributed by atoms with Gasteiger partial charge >= 0.3 is 0 Å². The summed E-state index contributed by atoms with van der Waals surface area (Å²) in [6.07, 6.45) is 2.12. The van der Waals surface area contributed by atoms with E-state index in [2.05, 4.69) is 43.0 Å². The van der Waals surface area contributed by atoms with E-state index in [1.807, 2.05) is 0 Å². The van der Waals surface area contributed by atoms with Crippen molar-refractivity contribution in [2.75, 3.05) is 19.7 Å². The highest BCUT2D eigenvalue weighted by atomic mass is 16.5. The zero-order chi connectivity index (χ0) is 13.0. The lowest BCUT2D eigenvalue weighted by Crippen LogP contribution is -2.26. The van der Waals surface area contributed by atoms with Crippen molar-refractivity contribution in [2.24, 2.45) is 0 Å². The van der Waals surface area contributed by atoms with E-state index in [-0.39, 0.29) is 18.9 Å². The summed E-state index contributed by atoms with van der Waals surface area (Å²) in [5.74, 6) is 0. The van der Waals surface area contributed by atoms with Gasteiger partial charge < -0.3 is 9.84 Å². The van der Waals surface area contributed by atoms with Crippen LogP contribution in [-0.4, -0.2) is 35.8 Å². The zero-order valence-corrected chi connectivity index (χ0v) is 11.3. The second kappa shape index (κ2) is 6.32. The summed E-state index contributed by atoms with van der Waals surface area (Å²) in [5.41, 5.74) is 2.54. The van der Waals surface area contributed by atoms with Gasteiger partial charge in [0.2, 0.25) is 0 Å². The summed E-state index contributed by atoms with van der Waals surface area (Å²) in [7, 11) is 0. The molecule has 2 rings (SSSR count). The van der Waals surface area contributed by atoms with Crippen LogP contribution in [-0.2, 0) is 11.2 Å². The molecule has 2 atom stereocenters. The molecule has 1 fully saturated rings. The predicted octanol–water partition coefficient (Wildman–Crippen LogP) is 2.35. The Labute approximate surface area is 109 Å². The molecule has 3 heteroatoms. The van der Waals surface area contributed by atoms with Gasteiger partial charge in [-0.05, 0) is 24.0 Å². The van der Waals surface area contributed by atoms with E-state index in [0.29, 0.717) is 0 Å². The summed E-state index contributed by atoms with van der Waals surface area (Å²) < 4.78 is 5.91. The number of aliphatic hydroxyl groups excluding tert-OH is 1. The molecule has 1 saturated heterocycles. The van der Waals surface area contributed by atoms with Crippen LogP contribution in [0, 0.1) is 0 Å². The molecule has 1 aromatic carbocycles. The van der Waals surface area contributed by atoms with Crippen molar-refractivity contribution >= 4 is 0 Å². The second-order valence-electron chi connectivity index (χ2n) is 4.88. The third kappa shape index (κ3) is 2.91. The monoisotopic (exact) mass is 249 g/mol. The molecule has 1 aromatic rings. The molecule has 0 spiro atoms. The maximum absolute atomic E-state index is 9.25. The minimum atomic E-state index is -0.0487. The van der Waals surface area contributed by atoms with Crippen LogP contribution in [0.5, 0.6) is 0 Å². The van der Waals surface area contributed by atoms with Gasteiger partial charge in [-0.25, -0.2) is 0 Å². The first-order valence-corrected chi connectivity index (χ1v) is 6.87. The molecule has 100 valence electrons. The first-order chi connectivity index (χ1) is 8.78. The summed E-state index contributed by atoms with van der Waals surface area (Å²) in [5, 5.41) is 9.25. The average Bonchev–Trinajstić information content (AvgIpc) is 2.82. The van der Waals surface area contributed by atoms with E-state index in [4.69, 9.17) is 4.74 Å². The van der Waals surface area contributed by atoms with Crippen molar-refractivity contribution in [3.63, 3.8) is 0 Å². The number of hydrogen-bond acceptors (Lipinski definition) is 3. The number of benzene rings is 1. The highest BCUT2D eigenvalue weighted by Gasteiger charge is 2.32. The Kier molecular flexibility index (Phi) is 4.75. The maximum atomic E-state index is 9.25. The Morgan fingerprint density at radius 2 is 2.00 bits per heavy atom. The van der Waals surface area contributed by atoms with Crippen molar-refractivity contribution in [1.82, 2.24) is 4.90 Å². The van der Waals surface area contributed by atoms with Crippen LogP contribution < -0.4 is 0 Å². The van der Waals surface area contributed by atoms with E-state index in [0.717, 1.165) is 25.9 Å².